The molecule has 0 unspecified atom stereocenters. The Hall–Kier alpha value is -2.07. The number of rotatable bonds is 3. The van der Waals surface area contributed by atoms with Crippen molar-refractivity contribution < 1.29 is 9.53 Å². The third kappa shape index (κ3) is 2.78. The normalized spacial score (nSPS) is 9.89. The van der Waals surface area contributed by atoms with E-state index in [4.69, 9.17) is 16.3 Å². The lowest BCUT2D eigenvalue weighted by atomic mass is 10.2. The van der Waals surface area contributed by atoms with Gasteiger partial charge in [0.25, 0.3) is 5.91 Å². The van der Waals surface area contributed by atoms with Gasteiger partial charge in [0, 0.05) is 11.2 Å². The monoisotopic (exact) mass is 262 g/mol. The van der Waals surface area contributed by atoms with E-state index in [9.17, 15) is 4.79 Å². The second-order valence-electron chi connectivity index (χ2n) is 3.51. The van der Waals surface area contributed by atoms with E-state index in [0.717, 1.165) is 0 Å². The number of methoxy groups -OCH3 is 1. The molecule has 2 aromatic rings. The number of carbonyl (C=O) groups is 1. The molecular weight excluding hydrogens is 252 g/mol. The van der Waals surface area contributed by atoms with E-state index in [0.29, 0.717) is 22.2 Å². The average Bonchev–Trinajstić information content (AvgIpc) is 2.39. The zero-order chi connectivity index (χ0) is 13.0. The summed E-state index contributed by atoms with van der Waals surface area (Å²) in [6.45, 7) is 0. The molecule has 0 aliphatic carbocycles. The van der Waals surface area contributed by atoms with Crippen LogP contribution in [0, 0.1) is 0 Å². The van der Waals surface area contributed by atoms with Crippen LogP contribution in [-0.2, 0) is 0 Å². The van der Waals surface area contributed by atoms with Crippen molar-refractivity contribution in [3.8, 4) is 5.75 Å². The Morgan fingerprint density at radius 2 is 2.17 bits per heavy atom. The van der Waals surface area contributed by atoms with E-state index in [1.807, 2.05) is 0 Å². The molecule has 5 heteroatoms. The Kier molecular flexibility index (Phi) is 3.79. The van der Waals surface area contributed by atoms with Gasteiger partial charge in [0.15, 0.2) is 0 Å². The van der Waals surface area contributed by atoms with Gasteiger partial charge in [0.05, 0.1) is 12.7 Å². The molecule has 0 saturated carbocycles. The summed E-state index contributed by atoms with van der Waals surface area (Å²) in [5, 5.41) is 3.19. The van der Waals surface area contributed by atoms with Gasteiger partial charge in [-0.25, -0.2) is 4.98 Å². The summed E-state index contributed by atoms with van der Waals surface area (Å²) >= 11 is 5.84. The molecule has 0 aliphatic heterocycles. The standard InChI is InChI=1S/C13H11ClN2O2/c1-18-11-8-9(14)5-6-10(11)13(17)16-12-4-2-3-7-15-12/h2-8H,1H3,(H,15,16,17). The molecule has 0 atom stereocenters. The Morgan fingerprint density at radius 3 is 2.83 bits per heavy atom. The van der Waals surface area contributed by atoms with Gasteiger partial charge in [-0.05, 0) is 30.3 Å². The molecule has 1 amide bonds. The maximum atomic E-state index is 12.0. The first-order valence-electron chi connectivity index (χ1n) is 5.26. The fraction of sp³-hybridized carbons (Fsp3) is 0.0769. The molecule has 0 radical (unpaired) electrons. The van der Waals surface area contributed by atoms with Gasteiger partial charge in [-0.2, -0.15) is 0 Å². The Labute approximate surface area is 110 Å². The number of nitrogens with one attached hydrogen (secondary N) is 1. The second-order valence-corrected chi connectivity index (χ2v) is 3.95. The van der Waals surface area contributed by atoms with Crippen LogP contribution in [0.1, 0.15) is 10.4 Å². The van der Waals surface area contributed by atoms with Gasteiger partial charge in [-0.15, -0.1) is 0 Å². The van der Waals surface area contributed by atoms with Crippen molar-refractivity contribution >= 4 is 23.3 Å². The summed E-state index contributed by atoms with van der Waals surface area (Å²) in [6.07, 6.45) is 1.61. The lowest BCUT2D eigenvalue weighted by Crippen LogP contribution is -2.13. The third-order valence-corrected chi connectivity index (χ3v) is 2.55. The first-order chi connectivity index (χ1) is 8.70. The van der Waals surface area contributed by atoms with E-state index in [1.54, 1.807) is 42.6 Å². The number of anilines is 1. The number of benzene rings is 1. The molecule has 0 bridgehead atoms. The predicted octanol–water partition coefficient (Wildman–Crippen LogP) is 3.00. The molecule has 1 aromatic carbocycles. The van der Waals surface area contributed by atoms with Gasteiger partial charge in [-0.3, -0.25) is 4.79 Å². The second kappa shape index (κ2) is 5.51. The summed E-state index contributed by atoms with van der Waals surface area (Å²) in [5.74, 6) is 0.623. The van der Waals surface area contributed by atoms with Crippen LogP contribution in [-0.4, -0.2) is 18.0 Å². The molecule has 0 fully saturated rings. The number of hydrogen-bond donors (Lipinski definition) is 1. The Morgan fingerprint density at radius 1 is 1.33 bits per heavy atom. The summed E-state index contributed by atoms with van der Waals surface area (Å²) in [4.78, 5) is 16.0. The Balaban J connectivity index is 2.24. The minimum atomic E-state index is -0.290. The van der Waals surface area contributed by atoms with E-state index in [1.165, 1.54) is 7.11 Å². The van der Waals surface area contributed by atoms with Gasteiger partial charge in [0.1, 0.15) is 11.6 Å². The topological polar surface area (TPSA) is 51.2 Å². The van der Waals surface area contributed by atoms with Crippen molar-refractivity contribution in [2.75, 3.05) is 12.4 Å². The smallest absolute Gasteiger partial charge is 0.260 e. The van der Waals surface area contributed by atoms with E-state index < -0.39 is 0 Å². The molecule has 0 spiro atoms. The van der Waals surface area contributed by atoms with Gasteiger partial charge in [0.2, 0.25) is 0 Å². The van der Waals surface area contributed by atoms with Crippen LogP contribution >= 0.6 is 11.6 Å². The summed E-state index contributed by atoms with van der Waals surface area (Å²) < 4.78 is 5.12. The number of amides is 1. The van der Waals surface area contributed by atoms with Crippen LogP contribution in [0.15, 0.2) is 42.6 Å². The number of ether oxygens (including phenoxy) is 1. The van der Waals surface area contributed by atoms with Crippen LogP contribution in [0.2, 0.25) is 5.02 Å². The van der Waals surface area contributed by atoms with Crippen LogP contribution < -0.4 is 10.1 Å². The van der Waals surface area contributed by atoms with Crippen molar-refractivity contribution in [3.63, 3.8) is 0 Å². The molecule has 1 aromatic heterocycles. The van der Waals surface area contributed by atoms with E-state index in [-0.39, 0.29) is 5.91 Å². The molecule has 1 N–H and O–H groups in total. The number of carbonyl (C=O) groups excluding carboxylic acids is 1. The molecule has 18 heavy (non-hydrogen) atoms. The molecule has 0 saturated heterocycles. The summed E-state index contributed by atoms with van der Waals surface area (Å²) in [5.41, 5.74) is 0.410. The molecule has 0 aliphatic rings. The van der Waals surface area contributed by atoms with E-state index in [2.05, 4.69) is 10.3 Å². The zero-order valence-electron chi connectivity index (χ0n) is 9.68. The first-order valence-corrected chi connectivity index (χ1v) is 5.64. The predicted molar refractivity (Wildman–Crippen MR) is 70.2 cm³/mol. The number of hydrogen-bond acceptors (Lipinski definition) is 3. The first kappa shape index (κ1) is 12.4. The number of pyridine rings is 1. The van der Waals surface area contributed by atoms with Gasteiger partial charge < -0.3 is 10.1 Å². The fourth-order valence-electron chi connectivity index (χ4n) is 1.47. The molecular formula is C13H11ClN2O2. The maximum Gasteiger partial charge on any atom is 0.260 e. The lowest BCUT2D eigenvalue weighted by Gasteiger charge is -2.09. The highest BCUT2D eigenvalue weighted by Crippen LogP contribution is 2.23. The number of aromatic nitrogens is 1. The van der Waals surface area contributed by atoms with Crippen LogP contribution in [0.5, 0.6) is 5.75 Å². The minimum absolute atomic E-state index is 0.290. The number of nitrogens with zero attached hydrogens (tertiary/aromatic N) is 1. The number of halogens is 1. The van der Waals surface area contributed by atoms with Crippen molar-refractivity contribution in [2.24, 2.45) is 0 Å². The Bertz CT molecular complexity index is 558. The zero-order valence-corrected chi connectivity index (χ0v) is 10.4. The maximum absolute atomic E-state index is 12.0. The fourth-order valence-corrected chi connectivity index (χ4v) is 1.64. The molecule has 2 rings (SSSR count). The highest BCUT2D eigenvalue weighted by atomic mass is 35.5. The largest absolute Gasteiger partial charge is 0.496 e. The summed E-state index contributed by atoms with van der Waals surface area (Å²) in [7, 11) is 1.49. The summed E-state index contributed by atoms with van der Waals surface area (Å²) in [6, 6.07) is 10.1. The average molecular weight is 263 g/mol. The van der Waals surface area contributed by atoms with Crippen molar-refractivity contribution in [1.82, 2.24) is 4.98 Å². The molecule has 1 heterocycles. The van der Waals surface area contributed by atoms with Crippen LogP contribution in [0.3, 0.4) is 0 Å². The lowest BCUT2D eigenvalue weighted by molar-refractivity contribution is 0.102. The minimum Gasteiger partial charge on any atom is -0.496 e. The highest BCUT2D eigenvalue weighted by Gasteiger charge is 2.13. The SMILES string of the molecule is COc1cc(Cl)ccc1C(=O)Nc1ccccn1. The highest BCUT2D eigenvalue weighted by molar-refractivity contribution is 6.31. The molecule has 92 valence electrons. The van der Waals surface area contributed by atoms with Gasteiger partial charge in [-0.1, -0.05) is 17.7 Å². The van der Waals surface area contributed by atoms with Crippen molar-refractivity contribution in [1.29, 1.82) is 0 Å². The van der Waals surface area contributed by atoms with Crippen LogP contribution in [0.25, 0.3) is 0 Å². The van der Waals surface area contributed by atoms with Gasteiger partial charge >= 0.3 is 0 Å². The quantitative estimate of drug-likeness (QED) is 0.925. The van der Waals surface area contributed by atoms with E-state index >= 15 is 0 Å². The van der Waals surface area contributed by atoms with Crippen LogP contribution in [0.4, 0.5) is 5.82 Å². The molecule has 4 nitrogen and oxygen atoms in total. The third-order valence-electron chi connectivity index (χ3n) is 2.31. The van der Waals surface area contributed by atoms with Crippen molar-refractivity contribution in [2.45, 2.75) is 0 Å². The van der Waals surface area contributed by atoms with Crippen molar-refractivity contribution in [3.05, 3.63) is 53.2 Å².